The molecule has 2 fully saturated rings. The van der Waals surface area contributed by atoms with E-state index < -0.39 is 0 Å². The summed E-state index contributed by atoms with van der Waals surface area (Å²) in [6, 6.07) is 1.73. The Bertz CT molecular complexity index is 733. The second-order valence-corrected chi connectivity index (χ2v) is 7.43. The lowest BCUT2D eigenvalue weighted by atomic mass is 9.97. The number of likely N-dealkylation sites (tertiary alicyclic amines) is 2. The van der Waals surface area contributed by atoms with Crippen molar-refractivity contribution in [2.75, 3.05) is 26.2 Å². The number of piperidine rings is 2. The number of aromatic nitrogens is 5. The van der Waals surface area contributed by atoms with E-state index in [1.165, 1.54) is 19.3 Å². The molecule has 2 aromatic rings. The summed E-state index contributed by atoms with van der Waals surface area (Å²) in [5, 5.41) is 15.6. The highest BCUT2D eigenvalue weighted by Gasteiger charge is 2.29. The standard InChI is InChI=1S/C18H27N7O/c1-23-16(13-24-9-3-2-4-10-24)21-22-17(23)14-6-5-11-25(12-14)18(26)15-7-8-19-20-15/h7-8,14H,2-6,9-13H2,1H3,(H,19,20). The second kappa shape index (κ2) is 7.57. The molecule has 0 saturated carbocycles. The van der Waals surface area contributed by atoms with E-state index >= 15 is 0 Å². The third kappa shape index (κ3) is 3.51. The monoisotopic (exact) mass is 357 g/mol. The molecule has 1 atom stereocenters. The molecule has 0 bridgehead atoms. The minimum Gasteiger partial charge on any atom is -0.337 e. The van der Waals surface area contributed by atoms with E-state index in [2.05, 4.69) is 36.9 Å². The Morgan fingerprint density at radius 3 is 2.81 bits per heavy atom. The van der Waals surface area contributed by atoms with Crippen LogP contribution in [0.3, 0.4) is 0 Å². The first-order valence-corrected chi connectivity index (χ1v) is 9.61. The van der Waals surface area contributed by atoms with Crippen LogP contribution in [0.15, 0.2) is 12.3 Å². The first kappa shape index (κ1) is 17.2. The number of nitrogens with one attached hydrogen (secondary N) is 1. The van der Waals surface area contributed by atoms with E-state index in [1.54, 1.807) is 12.3 Å². The number of hydrogen-bond donors (Lipinski definition) is 1. The molecule has 4 heterocycles. The van der Waals surface area contributed by atoms with Gasteiger partial charge in [0.05, 0.1) is 6.54 Å². The van der Waals surface area contributed by atoms with Gasteiger partial charge in [-0.25, -0.2) is 0 Å². The highest BCUT2D eigenvalue weighted by Crippen LogP contribution is 2.27. The average molecular weight is 357 g/mol. The van der Waals surface area contributed by atoms with Crippen LogP contribution in [0, 0.1) is 0 Å². The molecule has 140 valence electrons. The van der Waals surface area contributed by atoms with Crippen LogP contribution in [0.4, 0.5) is 0 Å². The third-order valence-electron chi connectivity index (χ3n) is 5.62. The fourth-order valence-corrected chi connectivity index (χ4v) is 4.10. The van der Waals surface area contributed by atoms with Crippen LogP contribution in [0.25, 0.3) is 0 Å². The van der Waals surface area contributed by atoms with E-state index in [4.69, 9.17) is 0 Å². The van der Waals surface area contributed by atoms with E-state index in [9.17, 15) is 4.79 Å². The van der Waals surface area contributed by atoms with Crippen molar-refractivity contribution < 1.29 is 4.79 Å². The van der Waals surface area contributed by atoms with E-state index in [1.807, 2.05) is 4.90 Å². The number of aromatic amines is 1. The Kier molecular flexibility index (Phi) is 5.01. The van der Waals surface area contributed by atoms with Crippen LogP contribution < -0.4 is 0 Å². The normalized spacial score (nSPS) is 21.9. The van der Waals surface area contributed by atoms with Gasteiger partial charge in [-0.15, -0.1) is 10.2 Å². The summed E-state index contributed by atoms with van der Waals surface area (Å²) in [6.45, 7) is 4.64. The van der Waals surface area contributed by atoms with E-state index in [0.717, 1.165) is 50.7 Å². The largest absolute Gasteiger partial charge is 0.337 e. The zero-order chi connectivity index (χ0) is 17.9. The van der Waals surface area contributed by atoms with Gasteiger partial charge in [-0.05, 0) is 44.8 Å². The van der Waals surface area contributed by atoms with E-state index in [0.29, 0.717) is 12.2 Å². The first-order valence-electron chi connectivity index (χ1n) is 9.61. The van der Waals surface area contributed by atoms with Crippen molar-refractivity contribution >= 4 is 5.91 Å². The third-order valence-corrected chi connectivity index (χ3v) is 5.62. The van der Waals surface area contributed by atoms with Crippen molar-refractivity contribution in [2.45, 2.75) is 44.6 Å². The number of rotatable bonds is 4. The number of H-pyrrole nitrogens is 1. The van der Waals surface area contributed by atoms with Crippen LogP contribution in [-0.4, -0.2) is 66.8 Å². The maximum absolute atomic E-state index is 12.6. The fraction of sp³-hybridized carbons (Fsp3) is 0.667. The molecule has 1 amide bonds. The lowest BCUT2D eigenvalue weighted by Gasteiger charge is -2.32. The Morgan fingerprint density at radius 2 is 2.04 bits per heavy atom. The van der Waals surface area contributed by atoms with Gasteiger partial charge >= 0.3 is 0 Å². The smallest absolute Gasteiger partial charge is 0.271 e. The molecule has 2 aliphatic heterocycles. The van der Waals surface area contributed by atoms with Gasteiger partial charge in [0.2, 0.25) is 0 Å². The zero-order valence-electron chi connectivity index (χ0n) is 15.4. The van der Waals surface area contributed by atoms with Crippen molar-refractivity contribution in [3.8, 4) is 0 Å². The van der Waals surface area contributed by atoms with Crippen LogP contribution in [-0.2, 0) is 13.6 Å². The molecular formula is C18H27N7O. The zero-order valence-corrected chi connectivity index (χ0v) is 15.4. The first-order chi connectivity index (χ1) is 12.7. The second-order valence-electron chi connectivity index (χ2n) is 7.43. The maximum atomic E-state index is 12.6. The Balaban J connectivity index is 1.44. The number of amides is 1. The fourth-order valence-electron chi connectivity index (χ4n) is 4.10. The minimum atomic E-state index is 0.0166. The SMILES string of the molecule is Cn1c(CN2CCCCC2)nnc1C1CCCN(C(=O)c2ccn[nH]2)C1. The molecule has 0 aliphatic carbocycles. The van der Waals surface area contributed by atoms with Crippen molar-refractivity contribution in [3.05, 3.63) is 29.6 Å². The van der Waals surface area contributed by atoms with Crippen molar-refractivity contribution in [3.63, 3.8) is 0 Å². The number of carbonyl (C=O) groups is 1. The Labute approximate surface area is 153 Å². The quantitative estimate of drug-likeness (QED) is 0.897. The van der Waals surface area contributed by atoms with Gasteiger partial charge in [0.15, 0.2) is 0 Å². The van der Waals surface area contributed by atoms with Crippen molar-refractivity contribution in [2.24, 2.45) is 7.05 Å². The van der Waals surface area contributed by atoms with Crippen LogP contribution >= 0.6 is 0 Å². The summed E-state index contributed by atoms with van der Waals surface area (Å²) < 4.78 is 2.14. The predicted molar refractivity (Wildman–Crippen MR) is 96.6 cm³/mol. The Hall–Kier alpha value is -2.22. The van der Waals surface area contributed by atoms with Crippen molar-refractivity contribution in [1.82, 2.24) is 34.8 Å². The molecular weight excluding hydrogens is 330 g/mol. The summed E-state index contributed by atoms with van der Waals surface area (Å²) in [4.78, 5) is 17.0. The number of carbonyl (C=O) groups excluding carboxylic acids is 1. The molecule has 1 N–H and O–H groups in total. The summed E-state index contributed by atoms with van der Waals surface area (Å²) >= 11 is 0. The molecule has 0 radical (unpaired) electrons. The molecule has 1 unspecified atom stereocenters. The minimum absolute atomic E-state index is 0.0166. The highest BCUT2D eigenvalue weighted by atomic mass is 16.2. The maximum Gasteiger partial charge on any atom is 0.271 e. The van der Waals surface area contributed by atoms with Crippen LogP contribution in [0.5, 0.6) is 0 Å². The molecule has 0 spiro atoms. The topological polar surface area (TPSA) is 82.9 Å². The van der Waals surface area contributed by atoms with Gasteiger partial charge in [-0.1, -0.05) is 6.42 Å². The molecule has 2 aromatic heterocycles. The number of nitrogens with zero attached hydrogens (tertiary/aromatic N) is 6. The highest BCUT2D eigenvalue weighted by molar-refractivity contribution is 5.92. The van der Waals surface area contributed by atoms with Crippen LogP contribution in [0.1, 0.15) is 60.2 Å². The predicted octanol–water partition coefficient (Wildman–Crippen LogP) is 1.54. The van der Waals surface area contributed by atoms with Gasteiger partial charge in [0.25, 0.3) is 5.91 Å². The summed E-state index contributed by atoms with van der Waals surface area (Å²) in [7, 11) is 2.06. The van der Waals surface area contributed by atoms with Gasteiger partial charge in [-0.2, -0.15) is 5.10 Å². The lowest BCUT2D eigenvalue weighted by Crippen LogP contribution is -2.40. The molecule has 26 heavy (non-hydrogen) atoms. The molecule has 2 saturated heterocycles. The summed E-state index contributed by atoms with van der Waals surface area (Å²) in [6.07, 6.45) is 7.53. The van der Waals surface area contributed by atoms with Crippen LogP contribution in [0.2, 0.25) is 0 Å². The summed E-state index contributed by atoms with van der Waals surface area (Å²) in [5.74, 6) is 2.28. The van der Waals surface area contributed by atoms with Gasteiger partial charge < -0.3 is 9.47 Å². The molecule has 0 aromatic carbocycles. The average Bonchev–Trinajstić information content (AvgIpc) is 3.33. The lowest BCUT2D eigenvalue weighted by molar-refractivity contribution is 0.0697. The van der Waals surface area contributed by atoms with Gasteiger partial charge in [0.1, 0.15) is 17.3 Å². The molecule has 8 nitrogen and oxygen atoms in total. The molecule has 2 aliphatic rings. The molecule has 4 rings (SSSR count). The summed E-state index contributed by atoms with van der Waals surface area (Å²) in [5.41, 5.74) is 0.550. The number of hydrogen-bond acceptors (Lipinski definition) is 5. The Morgan fingerprint density at radius 1 is 1.19 bits per heavy atom. The molecule has 8 heteroatoms. The van der Waals surface area contributed by atoms with Gasteiger partial charge in [-0.3, -0.25) is 14.8 Å². The van der Waals surface area contributed by atoms with Crippen molar-refractivity contribution in [1.29, 1.82) is 0 Å². The van der Waals surface area contributed by atoms with Gasteiger partial charge in [0, 0.05) is 32.3 Å². The van der Waals surface area contributed by atoms with E-state index in [-0.39, 0.29) is 11.8 Å².